The van der Waals surface area contributed by atoms with Crippen molar-refractivity contribution < 1.29 is 29.0 Å². The molecule has 0 saturated heterocycles. The summed E-state index contributed by atoms with van der Waals surface area (Å²) in [5.74, 6) is 1.02. The first-order valence-electron chi connectivity index (χ1n) is 16.2. The second-order valence-electron chi connectivity index (χ2n) is 14.0. The number of hydrogen-bond donors (Lipinski definition) is 3. The number of nitrogens with one attached hydrogen (secondary N) is 1. The zero-order valence-corrected chi connectivity index (χ0v) is 25.1. The number of fused-ring (bicyclic) bond motifs is 4. The molecule has 9 rings (SSSR count). The van der Waals surface area contributed by atoms with Gasteiger partial charge in [0, 0.05) is 29.6 Å². The Balaban J connectivity index is 1.24. The Morgan fingerprint density at radius 1 is 0.978 bits per heavy atom. The molecule has 2 amide bonds. The predicted molar refractivity (Wildman–Crippen MR) is 166 cm³/mol. The Morgan fingerprint density at radius 3 is 2.40 bits per heavy atom. The molecule has 4 atom stereocenters. The van der Waals surface area contributed by atoms with E-state index in [2.05, 4.69) is 5.32 Å². The van der Waals surface area contributed by atoms with Crippen LogP contribution in [0, 0.1) is 23.2 Å². The van der Waals surface area contributed by atoms with E-state index >= 15 is 0 Å². The van der Waals surface area contributed by atoms with Crippen LogP contribution in [0.25, 0.3) is 11.0 Å². The second-order valence-corrected chi connectivity index (χ2v) is 14.0. The first kappa shape index (κ1) is 28.5. The molecule has 0 radical (unpaired) electrons. The van der Waals surface area contributed by atoms with Crippen LogP contribution in [-0.4, -0.2) is 64.9 Å². The molecule has 4 unspecified atom stereocenters. The van der Waals surface area contributed by atoms with E-state index in [1.54, 1.807) is 35.2 Å². The third-order valence-corrected chi connectivity index (χ3v) is 11.0. The van der Waals surface area contributed by atoms with Crippen LogP contribution in [0.4, 0.5) is 0 Å². The van der Waals surface area contributed by atoms with Gasteiger partial charge >= 0.3 is 5.63 Å². The van der Waals surface area contributed by atoms with Crippen molar-refractivity contribution in [3.63, 3.8) is 0 Å². The van der Waals surface area contributed by atoms with E-state index in [-0.39, 0.29) is 30.0 Å². The lowest BCUT2D eigenvalue weighted by Gasteiger charge is -2.58. The number of carbonyl (C=O) groups is 2. The smallest absolute Gasteiger partial charge is 0.349 e. The lowest BCUT2D eigenvalue weighted by atomic mass is 9.49. The number of benzene rings is 2. The molecule has 4 saturated carbocycles. The fourth-order valence-corrected chi connectivity index (χ4v) is 9.71. The minimum Gasteiger partial charge on any atom is -0.486 e. The molecule has 5 aliphatic carbocycles. The Labute approximate surface area is 260 Å². The van der Waals surface area contributed by atoms with Crippen LogP contribution < -0.4 is 15.7 Å². The maximum Gasteiger partial charge on any atom is 0.349 e. The van der Waals surface area contributed by atoms with Gasteiger partial charge in [-0.25, -0.2) is 4.79 Å². The molecule has 2 aromatic carbocycles. The molecule has 9 heteroatoms. The Bertz CT molecular complexity index is 1730. The summed E-state index contributed by atoms with van der Waals surface area (Å²) >= 11 is 0. The quantitative estimate of drug-likeness (QED) is 0.348. The van der Waals surface area contributed by atoms with Gasteiger partial charge in [0.1, 0.15) is 29.1 Å². The van der Waals surface area contributed by atoms with Crippen molar-refractivity contribution in [2.75, 3.05) is 19.7 Å². The van der Waals surface area contributed by atoms with E-state index in [0.717, 1.165) is 24.8 Å². The zero-order chi connectivity index (χ0) is 30.9. The molecular formula is C36H38N2O7. The van der Waals surface area contributed by atoms with Crippen molar-refractivity contribution in [3.8, 4) is 5.75 Å². The summed E-state index contributed by atoms with van der Waals surface area (Å²) in [5, 5.41) is 24.9. The molecule has 0 spiro atoms. The van der Waals surface area contributed by atoms with Crippen molar-refractivity contribution in [3.05, 3.63) is 87.8 Å². The summed E-state index contributed by atoms with van der Waals surface area (Å²) in [6, 6.07) is 15.2. The third-order valence-electron chi connectivity index (χ3n) is 11.0. The standard InChI is InChI=1S/C36H38N2O7/c39-10-9-37-33(41)25-15-27(31(40)32-30(25)24-6-2-4-8-29(24)44-32)38(19-36-16-20-11-21(17-36)13-22(12-20)18-36)34(42)26-14-23-5-1-3-7-28(23)45-35(26)43/h1-8,14-15,20-22,27,30-32,39-40H,9-13,16-19H2,(H,37,41). The molecule has 45 heavy (non-hydrogen) atoms. The highest BCUT2D eigenvalue weighted by atomic mass is 16.5. The van der Waals surface area contributed by atoms with Crippen LogP contribution in [0.1, 0.15) is 60.4 Å². The van der Waals surface area contributed by atoms with E-state index < -0.39 is 35.7 Å². The van der Waals surface area contributed by atoms with Crippen LogP contribution in [0.2, 0.25) is 0 Å². The molecule has 3 N–H and O–H groups in total. The lowest BCUT2D eigenvalue weighted by molar-refractivity contribution is -0.119. The highest BCUT2D eigenvalue weighted by Gasteiger charge is 2.55. The monoisotopic (exact) mass is 610 g/mol. The first-order valence-corrected chi connectivity index (χ1v) is 16.2. The van der Waals surface area contributed by atoms with Crippen LogP contribution in [0.15, 0.2) is 75.5 Å². The average molecular weight is 611 g/mol. The molecule has 9 nitrogen and oxygen atoms in total. The Hall–Kier alpha value is -3.95. The highest BCUT2D eigenvalue weighted by molar-refractivity contribution is 5.98. The summed E-state index contributed by atoms with van der Waals surface area (Å²) in [5.41, 5.74) is 0.619. The minimum atomic E-state index is -1.16. The average Bonchev–Trinajstić information content (AvgIpc) is 3.42. The third kappa shape index (κ3) is 4.79. The fraction of sp³-hybridized carbons (Fsp3) is 0.472. The molecule has 2 heterocycles. The van der Waals surface area contributed by atoms with Gasteiger partial charge in [0.2, 0.25) is 5.91 Å². The molecule has 4 bridgehead atoms. The molecule has 3 aromatic rings. The van der Waals surface area contributed by atoms with Crippen molar-refractivity contribution in [1.29, 1.82) is 0 Å². The number of hydrogen-bond acceptors (Lipinski definition) is 7. The summed E-state index contributed by atoms with van der Waals surface area (Å²) in [6.45, 7) is 0.216. The number of aliphatic hydroxyl groups is 2. The zero-order valence-electron chi connectivity index (χ0n) is 25.1. The highest BCUT2D eigenvalue weighted by Crippen LogP contribution is 2.60. The summed E-state index contributed by atoms with van der Waals surface area (Å²) < 4.78 is 11.9. The normalized spacial score (nSPS) is 32.4. The number of rotatable bonds is 7. The SMILES string of the molecule is O=C(NCCO)C1=CC(N(CC23CC4CC(CC(C4)C2)C3)C(=O)c2cc3ccccc3oc2=O)C(O)C2Oc3ccccc3C12. The van der Waals surface area contributed by atoms with E-state index in [1.165, 1.54) is 19.3 Å². The molecular weight excluding hydrogens is 572 g/mol. The van der Waals surface area contributed by atoms with E-state index in [9.17, 15) is 24.6 Å². The summed E-state index contributed by atoms with van der Waals surface area (Å²) in [4.78, 5) is 43.3. The number of aliphatic hydroxyl groups excluding tert-OH is 2. The molecule has 4 fully saturated rings. The van der Waals surface area contributed by atoms with Gasteiger partial charge in [0.25, 0.3) is 5.91 Å². The van der Waals surface area contributed by atoms with E-state index in [0.29, 0.717) is 46.6 Å². The second kappa shape index (κ2) is 10.8. The van der Waals surface area contributed by atoms with Gasteiger partial charge < -0.3 is 29.6 Å². The van der Waals surface area contributed by atoms with Gasteiger partial charge in [-0.1, -0.05) is 36.4 Å². The molecule has 1 aliphatic heterocycles. The van der Waals surface area contributed by atoms with Gasteiger partial charge in [-0.2, -0.15) is 0 Å². The van der Waals surface area contributed by atoms with Gasteiger partial charge in [-0.05, 0) is 86.0 Å². The van der Waals surface area contributed by atoms with Gasteiger partial charge in [-0.15, -0.1) is 0 Å². The maximum absolute atomic E-state index is 14.7. The van der Waals surface area contributed by atoms with Crippen LogP contribution in [0.3, 0.4) is 0 Å². The predicted octanol–water partition coefficient (Wildman–Crippen LogP) is 3.77. The molecule has 6 aliphatic rings. The minimum absolute atomic E-state index is 0.0668. The summed E-state index contributed by atoms with van der Waals surface area (Å²) in [7, 11) is 0. The number of para-hydroxylation sites is 2. The van der Waals surface area contributed by atoms with Crippen molar-refractivity contribution in [2.45, 2.75) is 62.7 Å². The van der Waals surface area contributed by atoms with Crippen molar-refractivity contribution >= 4 is 22.8 Å². The molecule has 234 valence electrons. The number of nitrogens with zero attached hydrogens (tertiary/aromatic N) is 1. The van der Waals surface area contributed by atoms with Crippen molar-refractivity contribution in [2.24, 2.45) is 23.2 Å². The van der Waals surface area contributed by atoms with Gasteiger partial charge in [-0.3, -0.25) is 9.59 Å². The Kier molecular flexibility index (Phi) is 6.87. The Morgan fingerprint density at radius 2 is 1.67 bits per heavy atom. The molecule has 1 aromatic heterocycles. The number of ether oxygens (including phenoxy) is 1. The van der Waals surface area contributed by atoms with Gasteiger partial charge in [0.05, 0.1) is 18.6 Å². The summed E-state index contributed by atoms with van der Waals surface area (Å²) in [6.07, 6.45) is 6.47. The van der Waals surface area contributed by atoms with Gasteiger partial charge in [0.15, 0.2) is 0 Å². The number of carbonyl (C=O) groups excluding carboxylic acids is 2. The van der Waals surface area contributed by atoms with Crippen LogP contribution in [-0.2, 0) is 4.79 Å². The largest absolute Gasteiger partial charge is 0.486 e. The van der Waals surface area contributed by atoms with Crippen LogP contribution >= 0.6 is 0 Å². The number of amides is 2. The topological polar surface area (TPSA) is 129 Å². The van der Waals surface area contributed by atoms with Crippen LogP contribution in [0.5, 0.6) is 5.75 Å². The first-order chi connectivity index (χ1) is 21.8. The van der Waals surface area contributed by atoms with Crippen molar-refractivity contribution in [1.82, 2.24) is 10.2 Å². The lowest BCUT2D eigenvalue weighted by Crippen LogP contribution is -2.60. The fourth-order valence-electron chi connectivity index (χ4n) is 9.71. The maximum atomic E-state index is 14.7. The van der Waals surface area contributed by atoms with E-state index in [1.807, 2.05) is 30.3 Å². The van der Waals surface area contributed by atoms with E-state index in [4.69, 9.17) is 9.15 Å².